The minimum atomic E-state index is -0.483. The molecular weight excluding hydrogens is 845 g/mol. The van der Waals surface area contributed by atoms with Crippen LogP contribution in [0, 0.1) is 86.8 Å². The standard InChI is InChI=1S/C30H52O3.C30H50O3.CH4O/c2*1-5-29(31)15-14-27(3)22(20-29)6-7-23-25-9-8-24(28(25,4)12-11-26(23)27)21(2)10-13-30(32)16-18-33-19-17-30;1-2/h21-26,31-32H,5-20H2,1-4H3;6,21,23-26,31-32H,5,7-20H2,1-4H3;2H,1H3/t21-,22+,23+,24-,25+,26+,27+,28-,29+;21-,23+,24-,25+,26+,27+,28-,29+;/m11./s1. The Bertz CT molecular complexity index is 1700. The molecule has 8 aliphatic carbocycles. The molecule has 0 spiro atoms. The monoisotopic (exact) mass is 951 g/mol. The van der Waals surface area contributed by atoms with Crippen molar-refractivity contribution >= 4 is 0 Å². The predicted octanol–water partition coefficient (Wildman–Crippen LogP) is 13.0. The van der Waals surface area contributed by atoms with Gasteiger partial charge in [0.1, 0.15) is 0 Å². The lowest BCUT2D eigenvalue weighted by Gasteiger charge is -2.62. The highest BCUT2D eigenvalue weighted by atomic mass is 16.5. The molecule has 0 aromatic carbocycles. The number of fused-ring (bicyclic) bond motifs is 10. The second-order valence-electron chi connectivity index (χ2n) is 27.6. The lowest BCUT2D eigenvalue weighted by atomic mass is 9.43. The van der Waals surface area contributed by atoms with Gasteiger partial charge in [-0.15, -0.1) is 0 Å². The zero-order valence-electron chi connectivity index (χ0n) is 45.4. The summed E-state index contributed by atoms with van der Waals surface area (Å²) in [7, 11) is 1.00. The molecule has 0 bridgehead atoms. The summed E-state index contributed by atoms with van der Waals surface area (Å²) >= 11 is 0. The first kappa shape index (κ1) is 53.7. The highest BCUT2D eigenvalue weighted by Crippen LogP contribution is 2.70. The van der Waals surface area contributed by atoms with Gasteiger partial charge in [-0.25, -0.2) is 0 Å². The second kappa shape index (κ2) is 20.6. The van der Waals surface area contributed by atoms with Crippen molar-refractivity contribution in [3.05, 3.63) is 11.6 Å². The van der Waals surface area contributed by atoms with E-state index in [2.05, 4.69) is 61.5 Å². The summed E-state index contributed by atoms with van der Waals surface area (Å²) < 4.78 is 11.0. The average molecular weight is 952 g/mol. The van der Waals surface area contributed by atoms with Gasteiger partial charge in [-0.3, -0.25) is 0 Å². The fourth-order valence-corrected chi connectivity index (χ4v) is 20.0. The Hall–Kier alpha value is -0.540. The molecule has 10 rings (SSSR count). The molecule has 2 heterocycles. The van der Waals surface area contributed by atoms with Crippen LogP contribution >= 0.6 is 0 Å². The van der Waals surface area contributed by atoms with E-state index in [9.17, 15) is 20.4 Å². The Morgan fingerprint density at radius 1 is 0.515 bits per heavy atom. The van der Waals surface area contributed by atoms with Crippen LogP contribution in [0.5, 0.6) is 0 Å². The maximum absolute atomic E-state index is 11.1. The number of hydrogen-bond acceptors (Lipinski definition) is 7. The molecule has 0 unspecified atom stereocenters. The third kappa shape index (κ3) is 9.94. The van der Waals surface area contributed by atoms with Crippen LogP contribution in [0.1, 0.15) is 229 Å². The van der Waals surface area contributed by atoms with E-state index in [0.29, 0.717) is 33.5 Å². The van der Waals surface area contributed by atoms with Gasteiger partial charge in [0.15, 0.2) is 0 Å². The highest BCUT2D eigenvalue weighted by molar-refractivity contribution is 5.27. The molecule has 0 aromatic heterocycles. The summed E-state index contributed by atoms with van der Waals surface area (Å²) in [5.74, 6) is 8.98. The molecule has 2 aliphatic heterocycles. The minimum absolute atomic E-state index is 0.321. The molecule has 10 aliphatic rings. The Balaban J connectivity index is 0.000000177. The van der Waals surface area contributed by atoms with Gasteiger partial charge in [-0.1, -0.05) is 67.0 Å². The Morgan fingerprint density at radius 3 is 1.53 bits per heavy atom. The van der Waals surface area contributed by atoms with E-state index >= 15 is 0 Å². The predicted molar refractivity (Wildman–Crippen MR) is 276 cm³/mol. The van der Waals surface area contributed by atoms with Gasteiger partial charge in [-0.05, 0) is 260 Å². The van der Waals surface area contributed by atoms with Crippen LogP contribution < -0.4 is 0 Å². The van der Waals surface area contributed by atoms with Crippen LogP contribution in [-0.4, -0.2) is 81.5 Å². The molecule has 7 heteroatoms. The van der Waals surface area contributed by atoms with E-state index in [0.717, 1.165) is 170 Å². The van der Waals surface area contributed by atoms with Crippen molar-refractivity contribution in [3.63, 3.8) is 0 Å². The first-order chi connectivity index (χ1) is 32.3. The molecule has 7 saturated carbocycles. The largest absolute Gasteiger partial charge is 0.400 e. The van der Waals surface area contributed by atoms with Gasteiger partial charge in [0.25, 0.3) is 0 Å². The Morgan fingerprint density at radius 2 is 1.00 bits per heavy atom. The van der Waals surface area contributed by atoms with Gasteiger partial charge in [0.05, 0.1) is 22.4 Å². The molecule has 392 valence electrons. The van der Waals surface area contributed by atoms with Gasteiger partial charge in [-0.2, -0.15) is 0 Å². The summed E-state index contributed by atoms with van der Waals surface area (Å²) in [5, 5.41) is 51.1. The zero-order valence-corrected chi connectivity index (χ0v) is 45.4. The van der Waals surface area contributed by atoms with Crippen molar-refractivity contribution in [2.75, 3.05) is 33.5 Å². The number of allylic oxidation sites excluding steroid dienone is 1. The zero-order chi connectivity index (χ0) is 49.0. The maximum Gasteiger partial charge on any atom is 0.0691 e. The third-order valence-electron chi connectivity index (χ3n) is 24.9. The summed E-state index contributed by atoms with van der Waals surface area (Å²) in [4.78, 5) is 0. The molecule has 7 nitrogen and oxygen atoms in total. The summed E-state index contributed by atoms with van der Waals surface area (Å²) in [6.07, 6.45) is 33.5. The van der Waals surface area contributed by atoms with E-state index in [1.54, 1.807) is 5.57 Å². The number of ether oxygens (including phenoxy) is 2. The van der Waals surface area contributed by atoms with Gasteiger partial charge in [0, 0.05) is 33.5 Å². The lowest BCUT2D eigenvalue weighted by molar-refractivity contribution is -0.153. The van der Waals surface area contributed by atoms with E-state index in [1.165, 1.54) is 89.9 Å². The molecule has 5 N–H and O–H groups in total. The molecule has 0 amide bonds. The third-order valence-corrected chi connectivity index (χ3v) is 24.9. The van der Waals surface area contributed by atoms with E-state index < -0.39 is 16.8 Å². The molecule has 2 saturated heterocycles. The molecular formula is C61H106O7. The van der Waals surface area contributed by atoms with E-state index in [-0.39, 0.29) is 5.60 Å². The molecule has 0 aromatic rings. The van der Waals surface area contributed by atoms with Gasteiger partial charge in [0.2, 0.25) is 0 Å². The summed E-state index contributed by atoms with van der Waals surface area (Å²) in [6.45, 7) is 22.7. The smallest absolute Gasteiger partial charge is 0.0691 e. The van der Waals surface area contributed by atoms with Crippen molar-refractivity contribution in [3.8, 4) is 0 Å². The second-order valence-corrected chi connectivity index (χ2v) is 27.6. The van der Waals surface area contributed by atoms with Crippen molar-refractivity contribution in [1.82, 2.24) is 0 Å². The topological polar surface area (TPSA) is 120 Å². The highest BCUT2D eigenvalue weighted by Gasteiger charge is 2.63. The van der Waals surface area contributed by atoms with E-state index in [1.807, 2.05) is 0 Å². The summed E-state index contributed by atoms with van der Waals surface area (Å²) in [6, 6.07) is 0. The van der Waals surface area contributed by atoms with Crippen molar-refractivity contribution in [1.29, 1.82) is 0 Å². The van der Waals surface area contributed by atoms with Crippen LogP contribution in [0.4, 0.5) is 0 Å². The van der Waals surface area contributed by atoms with Crippen LogP contribution in [0.15, 0.2) is 11.6 Å². The average Bonchev–Trinajstić information content (AvgIpc) is 3.89. The first-order valence-electron chi connectivity index (χ1n) is 29.4. The molecule has 0 radical (unpaired) electrons. The maximum atomic E-state index is 11.1. The Kier molecular flexibility index (Phi) is 16.3. The molecule has 68 heavy (non-hydrogen) atoms. The SMILES string of the molecule is CC[C@]1(O)CC[C@@]2(C)C(=CC[C@H]3[C@@H]4CC[C@H]([C@H](C)CCC5(O)CCOCC5)[C@@]4(C)CC[C@@H]32)C1.CC[C@]1(O)CC[C@@]2(C)[C@@H](CC[C@@H]3[C@@H]2CC[C@]2(C)[C@@H]([C@H](C)CCC4(O)CCOCC4)CC[C@@H]32)C1.CO. The molecule has 17 atom stereocenters. The number of aliphatic hydroxyl groups is 5. The van der Waals surface area contributed by atoms with Crippen molar-refractivity contribution in [2.45, 2.75) is 251 Å². The van der Waals surface area contributed by atoms with Crippen LogP contribution in [-0.2, 0) is 9.47 Å². The molecule has 9 fully saturated rings. The lowest BCUT2D eigenvalue weighted by Crippen LogP contribution is -2.56. The minimum Gasteiger partial charge on any atom is -0.400 e. The fourth-order valence-electron chi connectivity index (χ4n) is 20.0. The quantitative estimate of drug-likeness (QED) is 0.138. The van der Waals surface area contributed by atoms with Crippen LogP contribution in [0.25, 0.3) is 0 Å². The van der Waals surface area contributed by atoms with Crippen molar-refractivity contribution < 1.29 is 35.0 Å². The van der Waals surface area contributed by atoms with Crippen LogP contribution in [0.3, 0.4) is 0 Å². The normalized spacial score (nSPS) is 47.6. The van der Waals surface area contributed by atoms with Gasteiger partial charge < -0.3 is 35.0 Å². The first-order valence-corrected chi connectivity index (χ1v) is 29.4. The number of rotatable bonds is 10. The number of aliphatic hydroxyl groups excluding tert-OH is 1. The van der Waals surface area contributed by atoms with Gasteiger partial charge >= 0.3 is 0 Å². The Labute approximate surface area is 416 Å². The van der Waals surface area contributed by atoms with Crippen LogP contribution in [0.2, 0.25) is 0 Å². The van der Waals surface area contributed by atoms with Crippen molar-refractivity contribution in [2.24, 2.45) is 86.8 Å². The summed E-state index contributed by atoms with van der Waals surface area (Å²) in [5.41, 5.74) is 1.55. The van der Waals surface area contributed by atoms with E-state index in [4.69, 9.17) is 14.6 Å². The fraction of sp³-hybridized carbons (Fsp3) is 0.967. The number of hydrogen-bond donors (Lipinski definition) is 5.